The van der Waals surface area contributed by atoms with E-state index >= 15 is 0 Å². The molecule has 6 nitrogen and oxygen atoms in total. The molecule has 1 saturated heterocycles. The lowest BCUT2D eigenvalue weighted by molar-refractivity contribution is -0.135. The maximum atomic E-state index is 13.5. The van der Waals surface area contributed by atoms with Crippen molar-refractivity contribution in [3.05, 3.63) is 53.8 Å². The molecule has 0 saturated carbocycles. The third-order valence-corrected chi connectivity index (χ3v) is 5.38. The number of hydrogen-bond donors (Lipinski definition) is 1. The van der Waals surface area contributed by atoms with E-state index in [0.29, 0.717) is 37.4 Å². The molecule has 2 amide bonds. The van der Waals surface area contributed by atoms with Gasteiger partial charge in [-0.3, -0.25) is 9.59 Å². The Hall–Kier alpha value is -3.09. The van der Waals surface area contributed by atoms with Gasteiger partial charge in [0.2, 0.25) is 11.8 Å². The van der Waals surface area contributed by atoms with E-state index in [1.807, 2.05) is 24.3 Å². The SMILES string of the molecule is COc1ccc(N2CCN(C(=O)C3CC(=O)Nc4cc(F)ccc43)CC2)cc1. The summed E-state index contributed by atoms with van der Waals surface area (Å²) in [5, 5.41) is 2.66. The van der Waals surface area contributed by atoms with E-state index in [1.165, 1.54) is 12.1 Å². The number of nitrogens with zero attached hydrogens (tertiary/aromatic N) is 2. The molecule has 0 bridgehead atoms. The molecule has 2 aromatic rings. The molecule has 1 atom stereocenters. The molecule has 28 heavy (non-hydrogen) atoms. The van der Waals surface area contributed by atoms with Crippen LogP contribution in [0.1, 0.15) is 17.9 Å². The highest BCUT2D eigenvalue weighted by molar-refractivity contribution is 6.01. The Labute approximate surface area is 162 Å². The van der Waals surface area contributed by atoms with Crippen LogP contribution in [-0.4, -0.2) is 50.0 Å². The van der Waals surface area contributed by atoms with E-state index in [0.717, 1.165) is 11.4 Å². The third-order valence-electron chi connectivity index (χ3n) is 5.38. The number of piperazine rings is 1. The molecule has 2 aliphatic heterocycles. The summed E-state index contributed by atoms with van der Waals surface area (Å²) in [6.45, 7) is 2.60. The Balaban J connectivity index is 1.45. The fourth-order valence-electron chi connectivity index (χ4n) is 3.86. The van der Waals surface area contributed by atoms with Crippen LogP contribution in [0.3, 0.4) is 0 Å². The van der Waals surface area contributed by atoms with Gasteiger partial charge in [0.25, 0.3) is 0 Å². The summed E-state index contributed by atoms with van der Waals surface area (Å²) < 4.78 is 18.7. The van der Waals surface area contributed by atoms with Crippen LogP contribution in [0.15, 0.2) is 42.5 Å². The Bertz CT molecular complexity index is 892. The average molecular weight is 383 g/mol. The topological polar surface area (TPSA) is 61.9 Å². The lowest BCUT2D eigenvalue weighted by Crippen LogP contribution is -2.50. The van der Waals surface area contributed by atoms with Crippen molar-refractivity contribution >= 4 is 23.2 Å². The van der Waals surface area contributed by atoms with Crippen LogP contribution in [0.2, 0.25) is 0 Å². The summed E-state index contributed by atoms with van der Waals surface area (Å²) >= 11 is 0. The second kappa shape index (κ2) is 7.50. The number of benzene rings is 2. The van der Waals surface area contributed by atoms with Crippen molar-refractivity contribution in [2.75, 3.05) is 43.5 Å². The van der Waals surface area contributed by atoms with Crippen molar-refractivity contribution in [3.8, 4) is 5.75 Å². The standard InChI is InChI=1S/C21H22FN3O3/c1-28-16-5-3-15(4-6-16)24-8-10-25(11-9-24)21(27)18-13-20(26)23-19-12-14(22)2-7-17(18)19/h2-7,12,18H,8-11,13H2,1H3,(H,23,26). The molecular formula is C21H22FN3O3. The van der Waals surface area contributed by atoms with Gasteiger partial charge in [-0.1, -0.05) is 6.07 Å². The van der Waals surface area contributed by atoms with Gasteiger partial charge in [0.1, 0.15) is 11.6 Å². The van der Waals surface area contributed by atoms with Gasteiger partial charge in [-0.2, -0.15) is 0 Å². The Morgan fingerprint density at radius 3 is 2.50 bits per heavy atom. The second-order valence-electron chi connectivity index (χ2n) is 7.05. The molecule has 1 unspecified atom stereocenters. The van der Waals surface area contributed by atoms with Crippen LogP contribution >= 0.6 is 0 Å². The molecule has 2 heterocycles. The monoisotopic (exact) mass is 383 g/mol. The first-order valence-electron chi connectivity index (χ1n) is 9.32. The fourth-order valence-corrected chi connectivity index (χ4v) is 3.86. The zero-order chi connectivity index (χ0) is 19.7. The average Bonchev–Trinajstić information content (AvgIpc) is 2.72. The van der Waals surface area contributed by atoms with E-state index in [2.05, 4.69) is 10.2 Å². The quantitative estimate of drug-likeness (QED) is 0.885. The second-order valence-corrected chi connectivity index (χ2v) is 7.05. The number of nitrogens with one attached hydrogen (secondary N) is 1. The van der Waals surface area contributed by atoms with Gasteiger partial charge in [0.05, 0.1) is 13.0 Å². The summed E-state index contributed by atoms with van der Waals surface area (Å²) in [6.07, 6.45) is 0.0934. The predicted molar refractivity (Wildman–Crippen MR) is 104 cm³/mol. The number of methoxy groups -OCH3 is 1. The summed E-state index contributed by atoms with van der Waals surface area (Å²) in [7, 11) is 1.64. The van der Waals surface area contributed by atoms with Crippen molar-refractivity contribution in [2.24, 2.45) is 0 Å². The highest BCUT2D eigenvalue weighted by Crippen LogP contribution is 2.34. The molecular weight excluding hydrogens is 361 g/mol. The Morgan fingerprint density at radius 2 is 1.82 bits per heavy atom. The van der Waals surface area contributed by atoms with Crippen molar-refractivity contribution in [1.29, 1.82) is 0 Å². The van der Waals surface area contributed by atoms with Gasteiger partial charge >= 0.3 is 0 Å². The van der Waals surface area contributed by atoms with Gasteiger partial charge in [-0.15, -0.1) is 0 Å². The smallest absolute Gasteiger partial charge is 0.230 e. The van der Waals surface area contributed by atoms with E-state index in [1.54, 1.807) is 18.1 Å². The molecule has 7 heteroatoms. The highest BCUT2D eigenvalue weighted by atomic mass is 19.1. The summed E-state index contributed by atoms with van der Waals surface area (Å²) in [5.41, 5.74) is 2.17. The van der Waals surface area contributed by atoms with Gasteiger partial charge < -0.3 is 19.9 Å². The van der Waals surface area contributed by atoms with Crippen molar-refractivity contribution in [3.63, 3.8) is 0 Å². The van der Waals surface area contributed by atoms with Crippen molar-refractivity contribution < 1.29 is 18.7 Å². The minimum Gasteiger partial charge on any atom is -0.497 e. The molecule has 146 valence electrons. The van der Waals surface area contributed by atoms with Gasteiger partial charge in [-0.25, -0.2) is 4.39 Å². The molecule has 1 fully saturated rings. The lowest BCUT2D eigenvalue weighted by atomic mass is 9.89. The van der Waals surface area contributed by atoms with E-state index < -0.39 is 11.7 Å². The maximum absolute atomic E-state index is 13.5. The van der Waals surface area contributed by atoms with E-state index in [4.69, 9.17) is 4.74 Å². The van der Waals surface area contributed by atoms with Gasteiger partial charge in [0, 0.05) is 44.0 Å². The summed E-state index contributed by atoms with van der Waals surface area (Å²) in [4.78, 5) is 29.1. The number of fused-ring (bicyclic) bond motifs is 1. The maximum Gasteiger partial charge on any atom is 0.230 e. The minimum atomic E-state index is -0.558. The lowest BCUT2D eigenvalue weighted by Gasteiger charge is -2.38. The molecule has 2 aliphatic rings. The number of carbonyl (C=O) groups is 2. The zero-order valence-corrected chi connectivity index (χ0v) is 15.7. The number of carbonyl (C=O) groups excluding carboxylic acids is 2. The molecule has 0 aromatic heterocycles. The first-order chi connectivity index (χ1) is 13.5. The third kappa shape index (κ3) is 3.52. The fraction of sp³-hybridized carbons (Fsp3) is 0.333. The molecule has 0 spiro atoms. The number of amides is 2. The molecule has 0 aliphatic carbocycles. The van der Waals surface area contributed by atoms with Crippen LogP contribution < -0.4 is 15.0 Å². The van der Waals surface area contributed by atoms with Crippen LogP contribution in [0.25, 0.3) is 0 Å². The number of hydrogen-bond acceptors (Lipinski definition) is 4. The predicted octanol–water partition coefficient (Wildman–Crippen LogP) is 2.61. The van der Waals surface area contributed by atoms with E-state index in [9.17, 15) is 14.0 Å². The van der Waals surface area contributed by atoms with Crippen LogP contribution in [0.5, 0.6) is 5.75 Å². The molecule has 0 radical (unpaired) electrons. The zero-order valence-electron chi connectivity index (χ0n) is 15.7. The number of rotatable bonds is 3. The van der Waals surface area contributed by atoms with Crippen molar-refractivity contribution in [2.45, 2.75) is 12.3 Å². The van der Waals surface area contributed by atoms with Gasteiger partial charge in [0.15, 0.2) is 0 Å². The van der Waals surface area contributed by atoms with Gasteiger partial charge in [-0.05, 0) is 42.0 Å². The molecule has 4 rings (SSSR count). The first kappa shape index (κ1) is 18.3. The van der Waals surface area contributed by atoms with Crippen LogP contribution in [0.4, 0.5) is 15.8 Å². The minimum absolute atomic E-state index is 0.0721. The number of ether oxygens (including phenoxy) is 1. The Kier molecular flexibility index (Phi) is 4.90. The normalized spacial score (nSPS) is 19.1. The summed E-state index contributed by atoms with van der Waals surface area (Å²) in [5.74, 6) is -0.509. The van der Waals surface area contributed by atoms with Crippen LogP contribution in [-0.2, 0) is 9.59 Å². The number of anilines is 2. The number of halogens is 1. The Morgan fingerprint density at radius 1 is 1.11 bits per heavy atom. The first-order valence-corrected chi connectivity index (χ1v) is 9.32. The molecule has 2 aromatic carbocycles. The van der Waals surface area contributed by atoms with Crippen molar-refractivity contribution in [1.82, 2.24) is 4.90 Å². The largest absolute Gasteiger partial charge is 0.497 e. The van der Waals surface area contributed by atoms with E-state index in [-0.39, 0.29) is 18.2 Å². The molecule has 1 N–H and O–H groups in total. The summed E-state index contributed by atoms with van der Waals surface area (Å²) in [6, 6.07) is 12.1. The highest BCUT2D eigenvalue weighted by Gasteiger charge is 2.34. The van der Waals surface area contributed by atoms with Crippen LogP contribution in [0, 0.1) is 5.82 Å².